The van der Waals surface area contributed by atoms with Gasteiger partial charge in [0, 0.05) is 39.3 Å². The number of rotatable bonds is 17. The molecular formula is C33H47N3O5. The highest BCUT2D eigenvalue weighted by molar-refractivity contribution is 5.99. The lowest BCUT2D eigenvalue weighted by Crippen LogP contribution is -2.56. The number of hydrogen-bond donors (Lipinski definition) is 1. The summed E-state index contributed by atoms with van der Waals surface area (Å²) in [5, 5.41) is 9.28. The van der Waals surface area contributed by atoms with Gasteiger partial charge in [-0.05, 0) is 44.1 Å². The van der Waals surface area contributed by atoms with Crippen molar-refractivity contribution >= 4 is 17.7 Å². The van der Waals surface area contributed by atoms with Crippen LogP contribution in [0.5, 0.6) is 0 Å². The minimum atomic E-state index is -1.01. The van der Waals surface area contributed by atoms with Crippen LogP contribution >= 0.6 is 0 Å². The van der Waals surface area contributed by atoms with E-state index in [4.69, 9.17) is 4.74 Å². The van der Waals surface area contributed by atoms with Crippen molar-refractivity contribution in [2.24, 2.45) is 11.8 Å². The van der Waals surface area contributed by atoms with Crippen molar-refractivity contribution in [3.63, 3.8) is 0 Å². The molecule has 1 aromatic rings. The molecule has 3 fully saturated rings. The summed E-state index contributed by atoms with van der Waals surface area (Å²) >= 11 is 0. The summed E-state index contributed by atoms with van der Waals surface area (Å²) in [6.45, 7) is 12.1. The molecule has 0 saturated carbocycles. The number of aliphatic hydroxyl groups excluding tert-OH is 1. The van der Waals surface area contributed by atoms with Crippen LogP contribution in [0.15, 0.2) is 55.6 Å². The summed E-state index contributed by atoms with van der Waals surface area (Å²) in [5.41, 5.74) is -0.00245. The van der Waals surface area contributed by atoms with Crippen LogP contribution < -0.4 is 0 Å². The Hall–Kier alpha value is -2.97. The first-order valence-electron chi connectivity index (χ1n) is 15.4. The first-order valence-corrected chi connectivity index (χ1v) is 15.4. The SMILES string of the molecule is C=CCN(CCCCC)C(=O)C1N(CCCCCO)C(=O)[C@@H]2[C@@H](C(=O)N(CC=C)Cc3ccccc3)[C@H]3CCC12O3. The number of fused-ring (bicyclic) bond motifs is 1. The molecule has 4 rings (SSSR count). The van der Waals surface area contributed by atoms with E-state index in [2.05, 4.69) is 20.1 Å². The molecular weight excluding hydrogens is 518 g/mol. The van der Waals surface area contributed by atoms with E-state index in [0.717, 1.165) is 31.2 Å². The maximum Gasteiger partial charge on any atom is 0.248 e. The molecule has 8 heteroatoms. The summed E-state index contributed by atoms with van der Waals surface area (Å²) in [7, 11) is 0. The predicted octanol–water partition coefficient (Wildman–Crippen LogP) is 3.94. The molecule has 0 aliphatic carbocycles. The Morgan fingerprint density at radius 2 is 1.78 bits per heavy atom. The predicted molar refractivity (Wildman–Crippen MR) is 159 cm³/mol. The smallest absolute Gasteiger partial charge is 0.248 e. The molecule has 1 N–H and O–H groups in total. The van der Waals surface area contributed by atoms with E-state index in [1.165, 1.54) is 0 Å². The van der Waals surface area contributed by atoms with Crippen LogP contribution in [0.25, 0.3) is 0 Å². The monoisotopic (exact) mass is 565 g/mol. The number of unbranched alkanes of at least 4 members (excludes halogenated alkanes) is 4. The van der Waals surface area contributed by atoms with Gasteiger partial charge in [0.05, 0.1) is 17.9 Å². The maximum atomic E-state index is 14.3. The number of nitrogens with zero attached hydrogens (tertiary/aromatic N) is 3. The third kappa shape index (κ3) is 6.28. The molecule has 3 aliphatic heterocycles. The Labute approximate surface area is 245 Å². The van der Waals surface area contributed by atoms with E-state index in [9.17, 15) is 19.5 Å². The van der Waals surface area contributed by atoms with Gasteiger partial charge in [-0.3, -0.25) is 14.4 Å². The lowest BCUT2D eigenvalue weighted by Gasteiger charge is -2.37. The van der Waals surface area contributed by atoms with Crippen molar-refractivity contribution in [2.75, 3.05) is 32.8 Å². The highest BCUT2D eigenvalue weighted by atomic mass is 16.5. The molecule has 5 atom stereocenters. The van der Waals surface area contributed by atoms with Gasteiger partial charge < -0.3 is 24.5 Å². The molecule has 1 spiro atoms. The average Bonchev–Trinajstić information content (AvgIpc) is 3.62. The molecule has 0 aromatic heterocycles. The van der Waals surface area contributed by atoms with Gasteiger partial charge in [-0.2, -0.15) is 0 Å². The van der Waals surface area contributed by atoms with Crippen molar-refractivity contribution in [3.05, 3.63) is 61.2 Å². The van der Waals surface area contributed by atoms with Crippen molar-refractivity contribution in [2.45, 2.75) is 82.6 Å². The van der Waals surface area contributed by atoms with Gasteiger partial charge in [0.1, 0.15) is 11.6 Å². The number of amides is 3. The van der Waals surface area contributed by atoms with Crippen LogP contribution in [-0.2, 0) is 25.7 Å². The van der Waals surface area contributed by atoms with Crippen LogP contribution in [0.4, 0.5) is 0 Å². The Balaban J connectivity index is 1.65. The zero-order chi connectivity index (χ0) is 29.4. The number of hydrogen-bond acceptors (Lipinski definition) is 5. The normalized spacial score (nSPS) is 26.2. The number of ether oxygens (including phenoxy) is 1. The minimum Gasteiger partial charge on any atom is -0.396 e. The summed E-state index contributed by atoms with van der Waals surface area (Å²) < 4.78 is 6.66. The van der Waals surface area contributed by atoms with Crippen LogP contribution in [-0.4, -0.2) is 88.1 Å². The molecule has 2 unspecified atom stereocenters. The molecule has 224 valence electrons. The molecule has 0 radical (unpaired) electrons. The fourth-order valence-electron chi connectivity index (χ4n) is 7.10. The Morgan fingerprint density at radius 3 is 2.46 bits per heavy atom. The average molecular weight is 566 g/mol. The number of carbonyl (C=O) groups excluding carboxylic acids is 3. The van der Waals surface area contributed by atoms with Gasteiger partial charge in [-0.15, -0.1) is 13.2 Å². The largest absolute Gasteiger partial charge is 0.396 e. The molecule has 3 saturated heterocycles. The van der Waals surface area contributed by atoms with E-state index >= 15 is 0 Å². The lowest BCUT2D eigenvalue weighted by molar-refractivity contribution is -0.149. The zero-order valence-electron chi connectivity index (χ0n) is 24.6. The quantitative estimate of drug-likeness (QED) is 0.228. The Kier molecular flexibility index (Phi) is 10.8. The van der Waals surface area contributed by atoms with Gasteiger partial charge >= 0.3 is 0 Å². The van der Waals surface area contributed by atoms with Crippen LogP contribution in [0.3, 0.4) is 0 Å². The Bertz CT molecular complexity index is 1080. The number of likely N-dealkylation sites (tertiary alicyclic amines) is 1. The lowest BCUT2D eigenvalue weighted by atomic mass is 9.70. The fourth-order valence-corrected chi connectivity index (χ4v) is 7.10. The van der Waals surface area contributed by atoms with Crippen molar-refractivity contribution in [3.8, 4) is 0 Å². The number of aliphatic hydroxyl groups is 1. The molecule has 41 heavy (non-hydrogen) atoms. The van der Waals surface area contributed by atoms with E-state index in [1.807, 2.05) is 35.2 Å². The second kappa shape index (κ2) is 14.3. The second-order valence-corrected chi connectivity index (χ2v) is 11.6. The highest BCUT2D eigenvalue weighted by Crippen LogP contribution is 2.59. The van der Waals surface area contributed by atoms with Crippen molar-refractivity contribution < 1.29 is 24.2 Å². The van der Waals surface area contributed by atoms with E-state index < -0.39 is 23.5 Å². The molecule has 8 nitrogen and oxygen atoms in total. The van der Waals surface area contributed by atoms with Gasteiger partial charge in [-0.25, -0.2) is 0 Å². The van der Waals surface area contributed by atoms with Crippen molar-refractivity contribution in [1.29, 1.82) is 0 Å². The second-order valence-electron chi connectivity index (χ2n) is 11.6. The minimum absolute atomic E-state index is 0.0926. The van der Waals surface area contributed by atoms with Gasteiger partial charge in [0.15, 0.2) is 0 Å². The molecule has 2 bridgehead atoms. The topological polar surface area (TPSA) is 90.4 Å². The highest BCUT2D eigenvalue weighted by Gasteiger charge is 2.74. The van der Waals surface area contributed by atoms with Gasteiger partial charge in [-0.1, -0.05) is 62.2 Å². The summed E-state index contributed by atoms with van der Waals surface area (Å²) in [6.07, 6.45) is 9.29. The van der Waals surface area contributed by atoms with E-state index in [-0.39, 0.29) is 30.4 Å². The third-order valence-corrected chi connectivity index (χ3v) is 8.95. The van der Waals surface area contributed by atoms with Crippen LogP contribution in [0.1, 0.15) is 63.9 Å². The van der Waals surface area contributed by atoms with Gasteiger partial charge in [0.25, 0.3) is 0 Å². The maximum absolute atomic E-state index is 14.3. The first-order chi connectivity index (χ1) is 19.9. The van der Waals surface area contributed by atoms with E-state index in [1.54, 1.807) is 22.0 Å². The number of carbonyl (C=O) groups is 3. The zero-order valence-corrected chi connectivity index (χ0v) is 24.6. The van der Waals surface area contributed by atoms with Crippen LogP contribution in [0, 0.1) is 11.8 Å². The van der Waals surface area contributed by atoms with E-state index in [0.29, 0.717) is 58.4 Å². The van der Waals surface area contributed by atoms with Gasteiger partial charge in [0.2, 0.25) is 17.7 Å². The molecule has 3 amide bonds. The summed E-state index contributed by atoms with van der Waals surface area (Å²) in [5.74, 6) is -1.70. The van der Waals surface area contributed by atoms with Crippen LogP contribution in [0.2, 0.25) is 0 Å². The molecule has 1 aromatic carbocycles. The summed E-state index contributed by atoms with van der Waals surface area (Å²) in [6, 6.07) is 9.04. The Morgan fingerprint density at radius 1 is 1.05 bits per heavy atom. The standard InChI is InChI=1S/C33H47N3O5/c1-4-7-12-21-34(19-5-2)32(40)29-33-18-17-26(41-33)27(28(33)31(39)36(29)22-13-9-14-23-37)30(38)35(20-6-3)24-25-15-10-8-11-16-25/h5-6,8,10-11,15-16,26-29,37H,2-4,7,9,12-14,17-24H2,1H3/t26-,27+,28+,29?,33?/m1/s1. The summed E-state index contributed by atoms with van der Waals surface area (Å²) in [4.78, 5) is 48.0. The molecule has 3 aliphatic rings. The molecule has 3 heterocycles. The number of benzene rings is 1. The fraction of sp³-hybridized carbons (Fsp3) is 0.606. The first kappa shape index (κ1) is 31.0. The van der Waals surface area contributed by atoms with Crippen molar-refractivity contribution in [1.82, 2.24) is 14.7 Å². The third-order valence-electron chi connectivity index (χ3n) is 8.95.